The van der Waals surface area contributed by atoms with Crippen molar-refractivity contribution in [1.82, 2.24) is 4.57 Å². The van der Waals surface area contributed by atoms with E-state index in [2.05, 4.69) is 206 Å². The van der Waals surface area contributed by atoms with Crippen LogP contribution in [0, 0.1) is 5.92 Å². The number of aliphatic imine (C=N–C) groups is 2. The maximum atomic E-state index is 6.74. The molecule has 0 spiro atoms. The molecule has 0 bridgehead atoms. The number of furan rings is 2. The van der Waals surface area contributed by atoms with E-state index in [9.17, 15) is 0 Å². The number of benzene rings is 10. The van der Waals surface area contributed by atoms with Crippen molar-refractivity contribution in [2.75, 3.05) is 0 Å². The van der Waals surface area contributed by atoms with Crippen LogP contribution < -0.4 is 0 Å². The number of aromatic nitrogens is 1. The number of para-hydroxylation sites is 2. The Morgan fingerprint density at radius 1 is 0.426 bits per heavy atom. The molecule has 1 aliphatic heterocycles. The predicted molar refractivity (Wildman–Crippen MR) is 284 cm³/mol. The summed E-state index contributed by atoms with van der Waals surface area (Å²) < 4.78 is 15.6. The third-order valence-corrected chi connectivity index (χ3v) is 14.0. The zero-order valence-electron chi connectivity index (χ0n) is 37.1. The lowest BCUT2D eigenvalue weighted by Gasteiger charge is -2.22. The van der Waals surface area contributed by atoms with E-state index >= 15 is 0 Å². The number of hydrogen-bond donors (Lipinski definition) is 0. The molecule has 0 saturated carbocycles. The second-order valence-corrected chi connectivity index (χ2v) is 18.1. The lowest BCUT2D eigenvalue weighted by molar-refractivity contribution is 0.668. The SMILES string of the molecule is CC1C/C=C(c2cccc(-c3ccccc3)c2)/N=C(c2ccc3oc4ccccc4c3c2)\N=C/1c1cc2oc3ccccc3c2cc1-n1c2cc3ccccc3cc2c2c3ccccc3ccc21. The number of hydrogen-bond acceptors (Lipinski definition) is 4. The maximum Gasteiger partial charge on any atom is 0.160 e. The summed E-state index contributed by atoms with van der Waals surface area (Å²) in [6.07, 6.45) is 3.01. The first-order valence-corrected chi connectivity index (χ1v) is 23.4. The van der Waals surface area contributed by atoms with Crippen molar-refractivity contribution in [3.63, 3.8) is 0 Å². The summed E-state index contributed by atoms with van der Waals surface area (Å²) in [5, 5.41) is 11.5. The predicted octanol–water partition coefficient (Wildman–Crippen LogP) is 16.9. The molecule has 1 aliphatic rings. The van der Waals surface area contributed by atoms with Crippen molar-refractivity contribution in [1.29, 1.82) is 0 Å². The Bertz CT molecular complexity index is 4310. The van der Waals surface area contributed by atoms with Crippen LogP contribution in [-0.4, -0.2) is 16.1 Å². The molecule has 0 N–H and O–H groups in total. The third kappa shape index (κ3) is 6.09. The third-order valence-electron chi connectivity index (χ3n) is 14.0. The molecule has 1 unspecified atom stereocenters. The van der Waals surface area contributed by atoms with E-state index in [-0.39, 0.29) is 5.92 Å². The van der Waals surface area contributed by atoms with Gasteiger partial charge < -0.3 is 13.4 Å². The van der Waals surface area contributed by atoms with Gasteiger partial charge in [0.05, 0.1) is 28.1 Å². The highest BCUT2D eigenvalue weighted by molar-refractivity contribution is 6.25. The number of fused-ring (bicyclic) bond motifs is 12. The van der Waals surface area contributed by atoms with Crippen LogP contribution in [0.25, 0.3) is 110 Å². The molecule has 4 heterocycles. The van der Waals surface area contributed by atoms with Crippen LogP contribution in [0.1, 0.15) is 30.0 Å². The number of rotatable bonds is 5. The Morgan fingerprint density at radius 3 is 1.88 bits per heavy atom. The Balaban J connectivity index is 1.06. The van der Waals surface area contributed by atoms with Gasteiger partial charge in [-0.05, 0) is 106 Å². The first-order chi connectivity index (χ1) is 33.6. The van der Waals surface area contributed by atoms with Gasteiger partial charge in [0.2, 0.25) is 0 Å². The van der Waals surface area contributed by atoms with Crippen molar-refractivity contribution < 1.29 is 8.83 Å². The summed E-state index contributed by atoms with van der Waals surface area (Å²) >= 11 is 0. The summed E-state index contributed by atoms with van der Waals surface area (Å²) in [7, 11) is 0. The molecule has 10 aromatic carbocycles. The smallest absolute Gasteiger partial charge is 0.160 e. The molecule has 13 aromatic rings. The van der Waals surface area contributed by atoms with E-state index in [1.165, 1.54) is 32.3 Å². The summed E-state index contributed by atoms with van der Waals surface area (Å²) in [4.78, 5) is 11.4. The molecule has 5 nitrogen and oxygen atoms in total. The Kier molecular flexibility index (Phi) is 8.56. The normalized spacial score (nSPS) is 16.9. The van der Waals surface area contributed by atoms with Gasteiger partial charge in [-0.25, -0.2) is 9.98 Å². The minimum atomic E-state index is -0.0263. The van der Waals surface area contributed by atoms with E-state index in [1.54, 1.807) is 0 Å². The number of nitrogens with zero attached hydrogens (tertiary/aromatic N) is 3. The fourth-order valence-corrected chi connectivity index (χ4v) is 10.7. The van der Waals surface area contributed by atoms with Gasteiger partial charge in [-0.3, -0.25) is 0 Å². The van der Waals surface area contributed by atoms with Crippen molar-refractivity contribution in [2.24, 2.45) is 15.9 Å². The van der Waals surface area contributed by atoms with E-state index < -0.39 is 0 Å². The van der Waals surface area contributed by atoms with Gasteiger partial charge in [-0.1, -0.05) is 153 Å². The Morgan fingerprint density at radius 2 is 1.07 bits per heavy atom. The maximum absolute atomic E-state index is 6.74. The van der Waals surface area contributed by atoms with E-state index in [4.69, 9.17) is 18.8 Å². The molecule has 5 heteroatoms. The van der Waals surface area contributed by atoms with E-state index in [0.717, 1.165) is 99.8 Å². The molecular weight excluding hydrogens is 831 g/mol. The van der Waals surface area contributed by atoms with Crippen molar-refractivity contribution in [3.05, 3.63) is 229 Å². The summed E-state index contributed by atoms with van der Waals surface area (Å²) in [5.74, 6) is 0.603. The molecule has 3 aromatic heterocycles. The van der Waals surface area contributed by atoms with Gasteiger partial charge >= 0.3 is 0 Å². The summed E-state index contributed by atoms with van der Waals surface area (Å²) in [5.41, 5.74) is 13.7. The van der Waals surface area contributed by atoms with Gasteiger partial charge in [0.15, 0.2) is 5.84 Å². The Labute approximate surface area is 391 Å². The first kappa shape index (κ1) is 38.5. The van der Waals surface area contributed by atoms with E-state index in [1.807, 2.05) is 18.2 Å². The molecule has 0 radical (unpaired) electrons. The minimum Gasteiger partial charge on any atom is -0.456 e. The molecule has 1 atom stereocenters. The van der Waals surface area contributed by atoms with Gasteiger partial charge in [-0.2, -0.15) is 0 Å². The zero-order chi connectivity index (χ0) is 44.9. The molecule has 320 valence electrons. The van der Waals surface area contributed by atoms with Gasteiger partial charge in [0.1, 0.15) is 22.3 Å². The fraction of sp³-hybridized carbons (Fsp3) is 0.0476. The molecule has 68 heavy (non-hydrogen) atoms. The molecule has 0 saturated heterocycles. The summed E-state index contributed by atoms with van der Waals surface area (Å²) in [6, 6.07) is 73.4. The monoisotopic (exact) mass is 871 g/mol. The van der Waals surface area contributed by atoms with Gasteiger partial charge in [-0.15, -0.1) is 0 Å². The van der Waals surface area contributed by atoms with Crippen molar-refractivity contribution in [2.45, 2.75) is 13.3 Å². The van der Waals surface area contributed by atoms with E-state index in [0.29, 0.717) is 12.3 Å². The highest BCUT2D eigenvalue weighted by Crippen LogP contribution is 2.43. The number of amidine groups is 1. The van der Waals surface area contributed by atoms with Crippen LogP contribution in [0.3, 0.4) is 0 Å². The molecule has 14 rings (SSSR count). The lowest BCUT2D eigenvalue weighted by Crippen LogP contribution is -2.19. The largest absolute Gasteiger partial charge is 0.456 e. The van der Waals surface area contributed by atoms with Crippen LogP contribution in [-0.2, 0) is 0 Å². The van der Waals surface area contributed by atoms with Crippen molar-refractivity contribution in [3.8, 4) is 16.8 Å². The standard InChI is InChI=1S/C63H41N3O2/c1-38-26-29-53(44-20-13-19-41(32-44)39-14-3-2-4-15-39)64-63(45-28-31-59-49(34-45)47-22-9-11-24-57(47)67-59)65-62(38)52-37-60-50(48-23-10-12-25-58(48)68-60)36-56(52)66-54-30-27-40-16-7-8-21-46(40)61(54)51-33-42-17-5-6-18-43(42)35-55(51)66/h2-25,27-38H,26H2,1H3/b53-29+,64-63-,65-62+. The van der Waals surface area contributed by atoms with Crippen LogP contribution in [0.2, 0.25) is 0 Å². The van der Waals surface area contributed by atoms with Crippen LogP contribution in [0.5, 0.6) is 0 Å². The average Bonchev–Trinajstić information content (AvgIpc) is 4.05. The second-order valence-electron chi connectivity index (χ2n) is 18.1. The van der Waals surface area contributed by atoms with Crippen LogP contribution >= 0.6 is 0 Å². The Hall–Kier alpha value is -8.80. The minimum absolute atomic E-state index is 0.0263. The lowest BCUT2D eigenvalue weighted by atomic mass is 9.91. The van der Waals surface area contributed by atoms with Crippen LogP contribution in [0.4, 0.5) is 0 Å². The highest BCUT2D eigenvalue weighted by Gasteiger charge is 2.26. The topological polar surface area (TPSA) is 55.9 Å². The molecule has 0 amide bonds. The summed E-state index contributed by atoms with van der Waals surface area (Å²) in [6.45, 7) is 2.29. The van der Waals surface area contributed by atoms with Gasteiger partial charge in [0, 0.05) is 54.9 Å². The second kappa shape index (κ2) is 15.1. The molecular formula is C63H41N3O2. The number of allylic oxidation sites excluding steroid dienone is 1. The molecule has 0 fully saturated rings. The first-order valence-electron chi connectivity index (χ1n) is 23.4. The quantitative estimate of drug-likeness (QED) is 0.173. The van der Waals surface area contributed by atoms with Crippen LogP contribution in [0.15, 0.2) is 231 Å². The molecule has 0 aliphatic carbocycles. The van der Waals surface area contributed by atoms with Gasteiger partial charge in [0.25, 0.3) is 0 Å². The average molecular weight is 872 g/mol. The fourth-order valence-electron chi connectivity index (χ4n) is 10.7. The highest BCUT2D eigenvalue weighted by atomic mass is 16.3. The van der Waals surface area contributed by atoms with Crippen molar-refractivity contribution >= 4 is 104 Å². The zero-order valence-corrected chi connectivity index (χ0v) is 37.1.